The second-order valence-electron chi connectivity index (χ2n) is 7.99. The number of β-lactam (4-membered cyclic amide) rings is 1. The number of ketones is 1. The number of fused-ring (bicyclic) bond motifs is 1. The molecule has 0 spiro atoms. The topological polar surface area (TPSA) is 92.8 Å². The molecule has 2 aromatic carbocycles. The number of ether oxygens (including phenoxy) is 1. The van der Waals surface area contributed by atoms with Gasteiger partial charge >= 0.3 is 5.97 Å². The van der Waals surface area contributed by atoms with Gasteiger partial charge in [-0.25, -0.2) is 4.79 Å². The van der Waals surface area contributed by atoms with Crippen molar-refractivity contribution in [1.29, 1.82) is 0 Å². The maximum Gasteiger partial charge on any atom is 0.356 e. The van der Waals surface area contributed by atoms with E-state index in [1.54, 1.807) is 6.08 Å². The average molecular weight is 555 g/mol. The minimum absolute atomic E-state index is 0.0642. The molecule has 7 nitrogen and oxygen atoms in total. The highest BCUT2D eigenvalue weighted by Crippen LogP contribution is 2.41. The lowest BCUT2D eigenvalue weighted by molar-refractivity contribution is -0.154. The van der Waals surface area contributed by atoms with Crippen LogP contribution >= 0.6 is 27.7 Å². The van der Waals surface area contributed by atoms with Gasteiger partial charge in [0.1, 0.15) is 17.1 Å². The van der Waals surface area contributed by atoms with Crippen molar-refractivity contribution in [2.75, 3.05) is 11.1 Å². The number of hydrogen-bond acceptors (Lipinski definition) is 6. The van der Waals surface area contributed by atoms with Crippen LogP contribution in [0.5, 0.6) is 0 Å². The number of allylic oxidation sites excluding steroid dienone is 1. The van der Waals surface area contributed by atoms with Crippen molar-refractivity contribution in [3.8, 4) is 0 Å². The Labute approximate surface area is 215 Å². The summed E-state index contributed by atoms with van der Waals surface area (Å²) >= 11 is 4.44. The molecular weight excluding hydrogens is 532 g/mol. The predicted molar refractivity (Wildman–Crippen MR) is 136 cm³/mol. The first kappa shape index (κ1) is 24.9. The number of amides is 2. The van der Waals surface area contributed by atoms with Crippen LogP contribution in [0, 0.1) is 0 Å². The van der Waals surface area contributed by atoms with Gasteiger partial charge in [-0.3, -0.25) is 19.3 Å². The van der Waals surface area contributed by atoms with E-state index in [0.717, 1.165) is 11.1 Å². The average Bonchev–Trinajstić information content (AvgIpc) is 2.90. The third-order valence-corrected chi connectivity index (χ3v) is 7.62. The van der Waals surface area contributed by atoms with E-state index in [-0.39, 0.29) is 23.2 Å². The summed E-state index contributed by atoms with van der Waals surface area (Å²) in [5.74, 6) is -1.45. The molecule has 1 fully saturated rings. The highest BCUT2D eigenvalue weighted by Gasteiger charge is 2.54. The Morgan fingerprint density at radius 3 is 2.26 bits per heavy atom. The van der Waals surface area contributed by atoms with E-state index in [9.17, 15) is 19.2 Å². The number of Topliss-reactive ketones (excluding diaryl/α,β-unsaturated/α-hetero) is 1. The van der Waals surface area contributed by atoms with Crippen LogP contribution in [0.15, 0.2) is 84.6 Å². The molecule has 0 saturated carbocycles. The molecular formula is C26H23BrN2O5S. The third kappa shape index (κ3) is 5.26. The van der Waals surface area contributed by atoms with E-state index in [1.807, 2.05) is 60.7 Å². The number of halogens is 1. The molecule has 9 heteroatoms. The SMILES string of the molecule is C=CC1=C(C(=O)OC(c2ccccc2)c2ccccc2)N2C(=O)[C@@H](NC(=O)CC(=O)CBr)[C@H]2SC1. The Bertz CT molecular complexity index is 1150. The van der Waals surface area contributed by atoms with Gasteiger partial charge in [-0.1, -0.05) is 89.2 Å². The van der Waals surface area contributed by atoms with Crippen molar-refractivity contribution < 1.29 is 23.9 Å². The molecule has 2 aliphatic heterocycles. The van der Waals surface area contributed by atoms with Crippen molar-refractivity contribution in [3.05, 3.63) is 95.7 Å². The molecule has 2 atom stereocenters. The van der Waals surface area contributed by atoms with Crippen molar-refractivity contribution in [3.63, 3.8) is 0 Å². The number of benzene rings is 2. The number of nitrogens with one attached hydrogen (secondary N) is 1. The maximum atomic E-state index is 13.5. The van der Waals surface area contributed by atoms with Crippen molar-refractivity contribution in [1.82, 2.24) is 10.2 Å². The number of thioether (sulfide) groups is 1. The third-order valence-electron chi connectivity index (χ3n) is 5.69. The molecule has 4 rings (SSSR count). The van der Waals surface area contributed by atoms with Crippen molar-refractivity contribution in [2.24, 2.45) is 0 Å². The Kier molecular flexibility index (Phi) is 7.87. The van der Waals surface area contributed by atoms with E-state index in [4.69, 9.17) is 4.74 Å². The number of carbonyl (C=O) groups excluding carboxylic acids is 4. The summed E-state index contributed by atoms with van der Waals surface area (Å²) < 4.78 is 5.99. The fraction of sp³-hybridized carbons (Fsp3) is 0.231. The number of alkyl halides is 1. The van der Waals surface area contributed by atoms with E-state index in [1.165, 1.54) is 16.7 Å². The first-order valence-corrected chi connectivity index (χ1v) is 13.1. The van der Waals surface area contributed by atoms with Crippen LogP contribution in [0.25, 0.3) is 0 Å². The van der Waals surface area contributed by atoms with Gasteiger partial charge in [0.05, 0.1) is 11.8 Å². The Hall–Kier alpha value is -3.17. The first-order valence-electron chi connectivity index (χ1n) is 10.9. The quantitative estimate of drug-likeness (QED) is 0.221. The lowest BCUT2D eigenvalue weighted by Gasteiger charge is -2.49. The van der Waals surface area contributed by atoms with Crippen molar-refractivity contribution >= 4 is 51.3 Å². The number of esters is 1. The minimum Gasteiger partial charge on any atom is -0.448 e. The largest absolute Gasteiger partial charge is 0.448 e. The molecule has 2 aromatic rings. The highest BCUT2D eigenvalue weighted by atomic mass is 79.9. The predicted octanol–water partition coefficient (Wildman–Crippen LogP) is 3.51. The van der Waals surface area contributed by atoms with Crippen LogP contribution in [0.1, 0.15) is 23.7 Å². The standard InChI is InChI=1S/C26H23BrN2O5S/c1-2-16-15-35-25-21(28-20(31)13-19(30)14-27)24(32)29(25)22(16)26(33)34-23(17-9-5-3-6-10-17)18-11-7-4-8-12-18/h2-12,21,23,25H,1,13-15H2,(H,28,31)/t21-,25-/m1/s1. The summed E-state index contributed by atoms with van der Waals surface area (Å²) in [6.07, 6.45) is 0.567. The van der Waals surface area contributed by atoms with Crippen LogP contribution in [0.2, 0.25) is 0 Å². The summed E-state index contributed by atoms with van der Waals surface area (Å²) in [5.41, 5.74) is 2.31. The zero-order valence-corrected chi connectivity index (χ0v) is 21.1. The number of rotatable bonds is 9. The van der Waals surface area contributed by atoms with Crippen LogP contribution in [-0.4, -0.2) is 51.0 Å². The van der Waals surface area contributed by atoms with Crippen molar-refractivity contribution in [2.45, 2.75) is 23.9 Å². The molecule has 1 saturated heterocycles. The molecule has 0 radical (unpaired) electrons. The lowest BCUT2D eigenvalue weighted by atomic mass is 10.0. The Balaban J connectivity index is 1.57. The summed E-state index contributed by atoms with van der Waals surface area (Å²) in [4.78, 5) is 51.6. The van der Waals surface area contributed by atoms with Gasteiger partial charge in [-0.05, 0) is 16.7 Å². The molecule has 2 aliphatic rings. The van der Waals surface area contributed by atoms with E-state index < -0.39 is 35.3 Å². The van der Waals surface area contributed by atoms with Crippen LogP contribution in [0.3, 0.4) is 0 Å². The van der Waals surface area contributed by atoms with Crippen LogP contribution < -0.4 is 5.32 Å². The van der Waals surface area contributed by atoms with Crippen LogP contribution in [0.4, 0.5) is 0 Å². The lowest BCUT2D eigenvalue weighted by Crippen LogP contribution is -2.70. The maximum absolute atomic E-state index is 13.5. The molecule has 180 valence electrons. The highest BCUT2D eigenvalue weighted by molar-refractivity contribution is 9.09. The van der Waals surface area contributed by atoms with Gasteiger partial charge in [0.25, 0.3) is 5.91 Å². The second-order valence-corrected chi connectivity index (χ2v) is 9.65. The summed E-state index contributed by atoms with van der Waals surface area (Å²) in [5, 5.41) is 2.22. The normalized spacial score (nSPS) is 19.0. The Morgan fingerprint density at radius 2 is 1.71 bits per heavy atom. The molecule has 35 heavy (non-hydrogen) atoms. The van der Waals surface area contributed by atoms with Gasteiger partial charge in [0, 0.05) is 5.75 Å². The molecule has 2 amide bonds. The minimum atomic E-state index is -0.816. The van der Waals surface area contributed by atoms with Gasteiger partial charge in [-0.2, -0.15) is 0 Å². The number of nitrogens with zero attached hydrogens (tertiary/aromatic N) is 1. The fourth-order valence-corrected chi connectivity index (χ4v) is 5.52. The van der Waals surface area contributed by atoms with Gasteiger partial charge < -0.3 is 10.1 Å². The molecule has 2 heterocycles. The molecule has 1 N–H and O–H groups in total. The molecule has 0 aliphatic carbocycles. The molecule has 0 unspecified atom stereocenters. The molecule has 0 bridgehead atoms. The first-order chi connectivity index (χ1) is 16.9. The zero-order chi connectivity index (χ0) is 24.9. The summed E-state index contributed by atoms with van der Waals surface area (Å²) in [7, 11) is 0. The number of hydrogen-bond donors (Lipinski definition) is 1. The van der Waals surface area contributed by atoms with Gasteiger partial charge in [0.15, 0.2) is 11.9 Å². The van der Waals surface area contributed by atoms with Gasteiger partial charge in [0.2, 0.25) is 5.91 Å². The fourth-order valence-electron chi connectivity index (χ4n) is 3.99. The van der Waals surface area contributed by atoms with Gasteiger partial charge in [-0.15, -0.1) is 11.8 Å². The van der Waals surface area contributed by atoms with Crippen LogP contribution in [-0.2, 0) is 23.9 Å². The second kappa shape index (κ2) is 11.0. The number of carbonyl (C=O) groups is 4. The van der Waals surface area contributed by atoms with E-state index in [0.29, 0.717) is 11.3 Å². The Morgan fingerprint density at radius 1 is 1.11 bits per heavy atom. The summed E-state index contributed by atoms with van der Waals surface area (Å²) in [6, 6.07) is 17.9. The van der Waals surface area contributed by atoms with E-state index >= 15 is 0 Å². The monoisotopic (exact) mass is 554 g/mol. The zero-order valence-electron chi connectivity index (χ0n) is 18.7. The molecule has 0 aromatic heterocycles. The van der Waals surface area contributed by atoms with E-state index in [2.05, 4.69) is 27.8 Å². The smallest absolute Gasteiger partial charge is 0.356 e. The summed E-state index contributed by atoms with van der Waals surface area (Å²) in [6.45, 7) is 3.80.